The first-order chi connectivity index (χ1) is 30.1. The second-order valence-electron chi connectivity index (χ2n) is 15.3. The van der Waals surface area contributed by atoms with Crippen molar-refractivity contribution in [2.45, 2.75) is 0 Å². The summed E-state index contributed by atoms with van der Waals surface area (Å²) in [7, 11) is 31.1. The summed E-state index contributed by atoms with van der Waals surface area (Å²) >= 11 is 0. The lowest BCUT2D eigenvalue weighted by atomic mass is 9.59. The number of phenols is 4. The quantitative estimate of drug-likeness (QED) is 0.0606. The molecule has 0 unspecified atom stereocenters. The van der Waals surface area contributed by atoms with Crippen molar-refractivity contribution in [1.82, 2.24) is 0 Å². The van der Waals surface area contributed by atoms with Gasteiger partial charge in [0.15, 0.2) is 23.0 Å². The molecule has 62 heavy (non-hydrogen) atoms. The Morgan fingerprint density at radius 3 is 1.26 bits per heavy atom. The predicted molar refractivity (Wildman–Crippen MR) is 261 cm³/mol. The molecule has 10 aromatic carbocycles. The highest BCUT2D eigenvalue weighted by Gasteiger charge is 2.32. The molecule has 10 rings (SSSR count). The van der Waals surface area contributed by atoms with Gasteiger partial charge in [-0.2, -0.15) is 0 Å². The Kier molecular flexibility index (Phi) is 9.33. The van der Waals surface area contributed by atoms with Gasteiger partial charge in [0.05, 0.1) is 11.3 Å². The normalized spacial score (nSPS) is 11.5. The monoisotopic (exact) mass is 787 g/mol. The smallest absolute Gasteiger partial charge is 0.186 e. The summed E-state index contributed by atoms with van der Waals surface area (Å²) in [5.41, 5.74) is 3.30. The van der Waals surface area contributed by atoms with E-state index in [2.05, 4.69) is 48.5 Å². The van der Waals surface area contributed by atoms with Gasteiger partial charge in [-0.25, -0.2) is 0 Å². The fourth-order valence-corrected chi connectivity index (χ4v) is 8.98. The standard InChI is InChI=1S/C52H30B5NO4/c53-43-41(44(54)46(56)47(57)45(43)55)42-49(59)51(61)48(52(62)50(42)60)58(38-26-29-14-4-5-15-31(29)32-16-6-9-19-35(32)38)30-24-22-28(23-25-30)40-37-21-11-8-18-34(37)33-17-7-10-20-36(33)39(40)27-12-2-1-3-13-27/h1-26,59-62H. The first-order valence-corrected chi connectivity index (χ1v) is 19.9. The Bertz CT molecular complexity index is 3410. The van der Waals surface area contributed by atoms with Crippen LogP contribution in [0.4, 0.5) is 17.1 Å². The van der Waals surface area contributed by atoms with Crippen LogP contribution in [-0.2, 0) is 0 Å². The Balaban J connectivity index is 1.26. The number of hydrogen-bond acceptors (Lipinski definition) is 5. The van der Waals surface area contributed by atoms with Gasteiger partial charge in [0.2, 0.25) is 0 Å². The van der Waals surface area contributed by atoms with Crippen molar-refractivity contribution in [3.8, 4) is 56.4 Å². The zero-order valence-corrected chi connectivity index (χ0v) is 33.1. The molecular formula is C52H30B5NO4. The van der Waals surface area contributed by atoms with Crippen LogP contribution in [0.1, 0.15) is 0 Å². The molecule has 0 spiro atoms. The van der Waals surface area contributed by atoms with Crippen LogP contribution >= 0.6 is 0 Å². The van der Waals surface area contributed by atoms with E-state index in [9.17, 15) is 20.4 Å². The fourth-order valence-electron chi connectivity index (χ4n) is 8.98. The molecule has 0 amide bonds. The molecule has 10 radical (unpaired) electrons. The molecule has 0 saturated carbocycles. The lowest BCUT2D eigenvalue weighted by molar-refractivity contribution is 0.377. The zero-order chi connectivity index (χ0) is 43.0. The number of phenolic OH excluding ortho intramolecular Hbond substituents is 4. The maximum atomic E-state index is 12.2. The molecule has 0 aliphatic heterocycles. The van der Waals surface area contributed by atoms with Gasteiger partial charge in [-0.1, -0.05) is 150 Å². The van der Waals surface area contributed by atoms with Crippen molar-refractivity contribution in [3.63, 3.8) is 0 Å². The van der Waals surface area contributed by atoms with E-state index < -0.39 is 28.6 Å². The first-order valence-electron chi connectivity index (χ1n) is 19.9. The third kappa shape index (κ3) is 5.85. The molecule has 0 heterocycles. The van der Waals surface area contributed by atoms with Crippen molar-refractivity contribution in [2.24, 2.45) is 0 Å². The van der Waals surface area contributed by atoms with Gasteiger partial charge >= 0.3 is 0 Å². The zero-order valence-electron chi connectivity index (χ0n) is 33.1. The van der Waals surface area contributed by atoms with Gasteiger partial charge < -0.3 is 25.3 Å². The van der Waals surface area contributed by atoms with Crippen LogP contribution in [0, 0.1) is 0 Å². The average molecular weight is 787 g/mol. The van der Waals surface area contributed by atoms with Crippen molar-refractivity contribution in [2.75, 3.05) is 4.90 Å². The highest BCUT2D eigenvalue weighted by Crippen LogP contribution is 2.58. The molecule has 10 heteroatoms. The molecule has 4 N–H and O–H groups in total. The molecule has 0 aliphatic rings. The maximum Gasteiger partial charge on any atom is 0.186 e. The Labute approximate surface area is 364 Å². The molecule has 0 bridgehead atoms. The van der Waals surface area contributed by atoms with Crippen molar-refractivity contribution in [1.29, 1.82) is 0 Å². The maximum absolute atomic E-state index is 12.2. The lowest BCUT2D eigenvalue weighted by Gasteiger charge is -2.30. The summed E-state index contributed by atoms with van der Waals surface area (Å²) in [6, 6.07) is 52.4. The van der Waals surface area contributed by atoms with Gasteiger partial charge in [0.1, 0.15) is 44.9 Å². The Hall–Kier alpha value is -7.44. The summed E-state index contributed by atoms with van der Waals surface area (Å²) in [5.74, 6) is -3.23. The summed E-state index contributed by atoms with van der Waals surface area (Å²) in [6.07, 6.45) is 0. The molecule has 0 fully saturated rings. The number of benzene rings is 10. The Morgan fingerprint density at radius 1 is 0.323 bits per heavy atom. The Morgan fingerprint density at radius 2 is 0.726 bits per heavy atom. The average Bonchev–Trinajstić information content (AvgIpc) is 3.32. The van der Waals surface area contributed by atoms with Crippen molar-refractivity contribution in [3.05, 3.63) is 158 Å². The molecule has 0 atom stereocenters. The van der Waals surface area contributed by atoms with Crippen LogP contribution in [0.15, 0.2) is 158 Å². The van der Waals surface area contributed by atoms with Crippen LogP contribution in [0.2, 0.25) is 0 Å². The summed E-state index contributed by atoms with van der Waals surface area (Å²) in [4.78, 5) is 1.61. The number of rotatable bonds is 6. The van der Waals surface area contributed by atoms with Crippen molar-refractivity contribution >= 4 is 127 Å². The number of nitrogens with zero attached hydrogens (tertiary/aromatic N) is 1. The van der Waals surface area contributed by atoms with E-state index in [0.29, 0.717) is 11.4 Å². The van der Waals surface area contributed by atoms with E-state index in [1.54, 1.807) is 4.90 Å². The van der Waals surface area contributed by atoms with E-state index in [1.807, 2.05) is 109 Å². The second kappa shape index (κ2) is 14.9. The lowest BCUT2D eigenvalue weighted by Crippen LogP contribution is -2.55. The predicted octanol–water partition coefficient (Wildman–Crippen LogP) is 7.56. The molecule has 0 aliphatic carbocycles. The molecule has 5 nitrogen and oxygen atoms in total. The summed E-state index contributed by atoms with van der Waals surface area (Å²) in [5, 5.41) is 56.1. The topological polar surface area (TPSA) is 84.2 Å². The minimum Gasteiger partial charge on any atom is -0.504 e. The highest BCUT2D eigenvalue weighted by molar-refractivity contribution is 6.68. The van der Waals surface area contributed by atoms with Gasteiger partial charge in [0, 0.05) is 11.1 Å². The number of anilines is 3. The minimum atomic E-state index is -0.834. The van der Waals surface area contributed by atoms with E-state index in [4.69, 9.17) is 39.2 Å². The van der Waals surface area contributed by atoms with E-state index >= 15 is 0 Å². The van der Waals surface area contributed by atoms with E-state index in [-0.39, 0.29) is 38.6 Å². The van der Waals surface area contributed by atoms with E-state index in [0.717, 1.165) is 65.3 Å². The van der Waals surface area contributed by atoms with Crippen LogP contribution in [0.3, 0.4) is 0 Å². The number of fused-ring (bicyclic) bond motifs is 6. The van der Waals surface area contributed by atoms with Crippen LogP contribution in [-0.4, -0.2) is 59.7 Å². The molecular weight excluding hydrogens is 757 g/mol. The SMILES string of the molecule is [B]c1c([B])c([B])c(-c2c(O)c(O)c(N(c3ccc(-c4c(-c5ccccc5)c5ccccc5c5ccccc45)cc3)c3cc4ccccc4c4ccccc34)c(O)c2O)c([B])c1[B]. The largest absolute Gasteiger partial charge is 0.504 e. The van der Waals surface area contributed by atoms with Gasteiger partial charge in [-0.15, -0.1) is 16.4 Å². The van der Waals surface area contributed by atoms with Crippen LogP contribution in [0.25, 0.3) is 76.5 Å². The minimum absolute atomic E-state index is 0.0850. The fraction of sp³-hybridized carbons (Fsp3) is 0. The van der Waals surface area contributed by atoms with Crippen LogP contribution < -0.4 is 32.2 Å². The molecule has 0 aromatic heterocycles. The number of hydrogen-bond donors (Lipinski definition) is 4. The summed E-state index contributed by atoms with van der Waals surface area (Å²) in [6.45, 7) is 0. The van der Waals surface area contributed by atoms with Gasteiger partial charge in [-0.05, 0) is 83.7 Å². The van der Waals surface area contributed by atoms with Crippen molar-refractivity contribution < 1.29 is 20.4 Å². The summed E-state index contributed by atoms with van der Waals surface area (Å²) < 4.78 is 0. The third-order valence-electron chi connectivity index (χ3n) is 11.9. The van der Waals surface area contributed by atoms with Gasteiger partial charge in [0.25, 0.3) is 0 Å². The second-order valence-corrected chi connectivity index (χ2v) is 15.3. The molecule has 282 valence electrons. The molecule has 0 saturated heterocycles. The highest BCUT2D eigenvalue weighted by atomic mass is 16.3. The third-order valence-corrected chi connectivity index (χ3v) is 11.9. The number of aromatic hydroxyl groups is 4. The van der Waals surface area contributed by atoms with Gasteiger partial charge in [-0.3, -0.25) is 0 Å². The van der Waals surface area contributed by atoms with E-state index in [1.165, 1.54) is 0 Å². The molecule has 10 aromatic rings. The van der Waals surface area contributed by atoms with Crippen LogP contribution in [0.5, 0.6) is 23.0 Å². The first kappa shape index (κ1) is 38.7.